The number of ketones is 1. The molecule has 0 aliphatic carbocycles. The molecule has 1 aromatic carbocycles. The molecule has 13 heavy (non-hydrogen) atoms. The number of benzene rings is 1. The van der Waals surface area contributed by atoms with Crippen LogP contribution in [-0.2, 0) is 0 Å². The van der Waals surface area contributed by atoms with Crippen LogP contribution in [0, 0.1) is 13.8 Å². The van der Waals surface area contributed by atoms with Crippen molar-refractivity contribution in [2.24, 2.45) is 0 Å². The van der Waals surface area contributed by atoms with Gasteiger partial charge in [0.05, 0.1) is 4.83 Å². The summed E-state index contributed by atoms with van der Waals surface area (Å²) in [5, 5.41) is 0. The van der Waals surface area contributed by atoms with Crippen molar-refractivity contribution in [3.8, 4) is 0 Å². The average molecular weight is 241 g/mol. The first kappa shape index (κ1) is 10.5. The molecule has 0 aliphatic heterocycles. The number of rotatable bonds is 2. The van der Waals surface area contributed by atoms with E-state index in [-0.39, 0.29) is 10.6 Å². The molecule has 1 nitrogen and oxygen atoms in total. The Bertz CT molecular complexity index is 309. The molecule has 0 heterocycles. The van der Waals surface area contributed by atoms with Crippen LogP contribution in [0.15, 0.2) is 18.2 Å². The Kier molecular flexibility index (Phi) is 3.26. The Morgan fingerprint density at radius 2 is 1.69 bits per heavy atom. The van der Waals surface area contributed by atoms with Crippen molar-refractivity contribution in [1.82, 2.24) is 0 Å². The van der Waals surface area contributed by atoms with Gasteiger partial charge in [-0.3, -0.25) is 4.79 Å². The highest BCUT2D eigenvalue weighted by Crippen LogP contribution is 2.13. The molecule has 2 heteroatoms. The van der Waals surface area contributed by atoms with Crippen LogP contribution >= 0.6 is 15.9 Å². The second-order valence-corrected chi connectivity index (χ2v) is 4.73. The highest BCUT2D eigenvalue weighted by Gasteiger charge is 2.11. The van der Waals surface area contributed by atoms with Crippen LogP contribution in [-0.4, -0.2) is 10.6 Å². The van der Waals surface area contributed by atoms with E-state index in [0.717, 1.165) is 16.7 Å². The number of hydrogen-bond donors (Lipinski definition) is 0. The number of Topliss-reactive ketones (excluding diaryl/α,β-unsaturated/α-hetero) is 1. The fraction of sp³-hybridized carbons (Fsp3) is 0.364. The van der Waals surface area contributed by atoms with Gasteiger partial charge < -0.3 is 0 Å². The molecule has 0 bridgehead atoms. The topological polar surface area (TPSA) is 17.1 Å². The SMILES string of the molecule is Cc1cc(C)cc(C(=O)C(C)Br)c1. The Hall–Kier alpha value is -0.630. The van der Waals surface area contributed by atoms with Gasteiger partial charge >= 0.3 is 0 Å². The molecule has 0 radical (unpaired) electrons. The Balaban J connectivity index is 3.08. The lowest BCUT2D eigenvalue weighted by atomic mass is 10.0. The maximum Gasteiger partial charge on any atom is 0.176 e. The second-order valence-electron chi connectivity index (χ2n) is 3.36. The van der Waals surface area contributed by atoms with Crippen molar-refractivity contribution < 1.29 is 4.79 Å². The van der Waals surface area contributed by atoms with Crippen molar-refractivity contribution in [3.63, 3.8) is 0 Å². The summed E-state index contributed by atoms with van der Waals surface area (Å²) in [6.07, 6.45) is 0. The van der Waals surface area contributed by atoms with Crippen LogP contribution in [0.3, 0.4) is 0 Å². The highest BCUT2D eigenvalue weighted by molar-refractivity contribution is 9.10. The summed E-state index contributed by atoms with van der Waals surface area (Å²) >= 11 is 3.28. The Morgan fingerprint density at radius 1 is 1.23 bits per heavy atom. The van der Waals surface area contributed by atoms with E-state index in [0.29, 0.717) is 0 Å². The van der Waals surface area contributed by atoms with E-state index >= 15 is 0 Å². The Labute approximate surface area is 87.3 Å². The van der Waals surface area contributed by atoms with E-state index in [9.17, 15) is 4.79 Å². The van der Waals surface area contributed by atoms with Crippen molar-refractivity contribution in [3.05, 3.63) is 34.9 Å². The van der Waals surface area contributed by atoms with Crippen LogP contribution in [0.4, 0.5) is 0 Å². The molecule has 0 N–H and O–H groups in total. The van der Waals surface area contributed by atoms with Gasteiger partial charge in [0.25, 0.3) is 0 Å². The number of carbonyl (C=O) groups is 1. The summed E-state index contributed by atoms with van der Waals surface area (Å²) in [6, 6.07) is 5.91. The van der Waals surface area contributed by atoms with Gasteiger partial charge in [-0.2, -0.15) is 0 Å². The predicted octanol–water partition coefficient (Wildman–Crippen LogP) is 3.27. The quantitative estimate of drug-likeness (QED) is 0.573. The highest BCUT2D eigenvalue weighted by atomic mass is 79.9. The molecule has 0 spiro atoms. The lowest BCUT2D eigenvalue weighted by Gasteiger charge is -2.05. The summed E-state index contributed by atoms with van der Waals surface area (Å²) in [7, 11) is 0. The van der Waals surface area contributed by atoms with E-state index in [1.54, 1.807) is 0 Å². The summed E-state index contributed by atoms with van der Waals surface area (Å²) < 4.78 is 0. The van der Waals surface area contributed by atoms with Gasteiger partial charge in [0, 0.05) is 5.56 Å². The van der Waals surface area contributed by atoms with Gasteiger partial charge in [-0.05, 0) is 32.9 Å². The molecule has 70 valence electrons. The molecule has 1 unspecified atom stereocenters. The third-order valence-corrected chi connectivity index (χ3v) is 2.28. The summed E-state index contributed by atoms with van der Waals surface area (Å²) in [5.74, 6) is 0.145. The first-order valence-corrected chi connectivity index (χ1v) is 5.19. The minimum absolute atomic E-state index is 0.103. The first-order valence-electron chi connectivity index (χ1n) is 4.27. The van der Waals surface area contributed by atoms with Crippen LogP contribution in [0.5, 0.6) is 0 Å². The van der Waals surface area contributed by atoms with Crippen molar-refractivity contribution >= 4 is 21.7 Å². The van der Waals surface area contributed by atoms with Crippen LogP contribution in [0.25, 0.3) is 0 Å². The summed E-state index contributed by atoms with van der Waals surface area (Å²) in [5.41, 5.74) is 3.06. The lowest BCUT2D eigenvalue weighted by Crippen LogP contribution is -2.10. The number of alkyl halides is 1. The standard InChI is InChI=1S/C11H13BrO/c1-7-4-8(2)6-10(5-7)11(13)9(3)12/h4-6,9H,1-3H3. The first-order chi connectivity index (χ1) is 6.00. The van der Waals surface area contributed by atoms with Gasteiger partial charge in [-0.25, -0.2) is 0 Å². The Morgan fingerprint density at radius 3 is 2.08 bits per heavy atom. The summed E-state index contributed by atoms with van der Waals surface area (Å²) in [4.78, 5) is 11.5. The van der Waals surface area contributed by atoms with Crippen molar-refractivity contribution in [2.45, 2.75) is 25.6 Å². The van der Waals surface area contributed by atoms with Crippen LogP contribution in [0.2, 0.25) is 0 Å². The zero-order valence-corrected chi connectivity index (χ0v) is 9.68. The summed E-state index contributed by atoms with van der Waals surface area (Å²) in [6.45, 7) is 5.85. The van der Waals surface area contributed by atoms with E-state index in [2.05, 4.69) is 22.0 Å². The van der Waals surface area contributed by atoms with Crippen LogP contribution < -0.4 is 0 Å². The molecule has 1 atom stereocenters. The van der Waals surface area contributed by atoms with Gasteiger partial charge in [-0.15, -0.1) is 0 Å². The fourth-order valence-electron chi connectivity index (χ4n) is 1.35. The van der Waals surface area contributed by atoms with Gasteiger partial charge in [0.1, 0.15) is 0 Å². The average Bonchev–Trinajstić information content (AvgIpc) is 2.01. The molecule has 0 aliphatic rings. The van der Waals surface area contributed by atoms with E-state index < -0.39 is 0 Å². The molecule has 1 aromatic rings. The second kappa shape index (κ2) is 4.05. The van der Waals surface area contributed by atoms with E-state index in [1.165, 1.54) is 0 Å². The minimum Gasteiger partial charge on any atom is -0.293 e. The number of halogens is 1. The largest absolute Gasteiger partial charge is 0.293 e. The monoisotopic (exact) mass is 240 g/mol. The maximum absolute atomic E-state index is 11.6. The van der Waals surface area contributed by atoms with Crippen LogP contribution in [0.1, 0.15) is 28.4 Å². The molecular formula is C11H13BrO. The minimum atomic E-state index is -0.103. The number of hydrogen-bond acceptors (Lipinski definition) is 1. The predicted molar refractivity (Wildman–Crippen MR) is 58.6 cm³/mol. The molecule has 0 amide bonds. The van der Waals surface area contributed by atoms with E-state index in [1.807, 2.05) is 32.9 Å². The zero-order valence-electron chi connectivity index (χ0n) is 8.10. The molecule has 0 fully saturated rings. The lowest BCUT2D eigenvalue weighted by molar-refractivity contribution is 0.0995. The van der Waals surface area contributed by atoms with E-state index in [4.69, 9.17) is 0 Å². The molecular weight excluding hydrogens is 228 g/mol. The number of carbonyl (C=O) groups excluding carboxylic acids is 1. The van der Waals surface area contributed by atoms with Crippen molar-refractivity contribution in [1.29, 1.82) is 0 Å². The molecule has 0 saturated heterocycles. The molecule has 1 rings (SSSR count). The van der Waals surface area contributed by atoms with Crippen molar-refractivity contribution in [2.75, 3.05) is 0 Å². The zero-order chi connectivity index (χ0) is 10.0. The molecule has 0 saturated carbocycles. The molecule has 0 aromatic heterocycles. The van der Waals surface area contributed by atoms with Gasteiger partial charge in [0.2, 0.25) is 0 Å². The fourth-order valence-corrected chi connectivity index (χ4v) is 1.61. The number of aryl methyl sites for hydroxylation is 2. The maximum atomic E-state index is 11.6. The third kappa shape index (κ3) is 2.66. The smallest absolute Gasteiger partial charge is 0.176 e. The van der Waals surface area contributed by atoms with Gasteiger partial charge in [0.15, 0.2) is 5.78 Å². The normalized spacial score (nSPS) is 12.6. The third-order valence-electron chi connectivity index (χ3n) is 1.87. The van der Waals surface area contributed by atoms with Gasteiger partial charge in [-0.1, -0.05) is 33.1 Å².